The molecular weight excluding hydrogens is 276 g/mol. The van der Waals surface area contributed by atoms with E-state index in [1.807, 2.05) is 30.3 Å². The minimum absolute atomic E-state index is 0. The number of halogens is 1. The first-order valence-electron chi connectivity index (χ1n) is 7.02. The fourth-order valence-electron chi connectivity index (χ4n) is 2.21. The van der Waals surface area contributed by atoms with Gasteiger partial charge in [0, 0.05) is 12.5 Å². The first kappa shape index (κ1) is 16.8. The van der Waals surface area contributed by atoms with Crippen LogP contribution in [0.1, 0.15) is 25.7 Å². The zero-order valence-corrected chi connectivity index (χ0v) is 12.5. The molecule has 0 radical (unpaired) electrons. The minimum atomic E-state index is 0. The van der Waals surface area contributed by atoms with E-state index >= 15 is 0 Å². The van der Waals surface area contributed by atoms with Gasteiger partial charge in [-0.1, -0.05) is 18.2 Å². The number of carbonyl (C=O) groups is 1. The summed E-state index contributed by atoms with van der Waals surface area (Å²) in [5.74, 6) is 1.00. The third-order valence-electron chi connectivity index (χ3n) is 3.26. The van der Waals surface area contributed by atoms with E-state index in [0.717, 1.165) is 38.1 Å². The van der Waals surface area contributed by atoms with Crippen LogP contribution in [0.4, 0.5) is 0 Å². The lowest BCUT2D eigenvalue weighted by molar-refractivity contribution is -0.122. The highest BCUT2D eigenvalue weighted by Gasteiger charge is 2.14. The Morgan fingerprint density at radius 3 is 2.65 bits per heavy atom. The smallest absolute Gasteiger partial charge is 0.220 e. The molecule has 20 heavy (non-hydrogen) atoms. The second-order valence-corrected chi connectivity index (χ2v) is 4.86. The van der Waals surface area contributed by atoms with E-state index in [0.29, 0.717) is 19.1 Å². The summed E-state index contributed by atoms with van der Waals surface area (Å²) in [5, 5.41) is 6.37. The first-order chi connectivity index (χ1) is 9.34. The maximum Gasteiger partial charge on any atom is 0.220 e. The first-order valence-corrected chi connectivity index (χ1v) is 7.02. The van der Waals surface area contributed by atoms with Crippen LogP contribution in [0.3, 0.4) is 0 Å². The maximum absolute atomic E-state index is 11.7. The van der Waals surface area contributed by atoms with Gasteiger partial charge in [-0.2, -0.15) is 0 Å². The number of nitrogens with one attached hydrogen (secondary N) is 2. The van der Waals surface area contributed by atoms with E-state index in [-0.39, 0.29) is 18.3 Å². The lowest BCUT2D eigenvalue weighted by atomic mass is 10.1. The molecule has 1 aliphatic heterocycles. The molecule has 1 aliphatic rings. The predicted molar refractivity (Wildman–Crippen MR) is 82.5 cm³/mol. The van der Waals surface area contributed by atoms with Crippen LogP contribution in [0.25, 0.3) is 0 Å². The van der Waals surface area contributed by atoms with Crippen molar-refractivity contribution in [1.29, 1.82) is 0 Å². The van der Waals surface area contributed by atoms with Crippen LogP contribution in [-0.4, -0.2) is 31.6 Å². The van der Waals surface area contributed by atoms with Crippen LogP contribution in [0.2, 0.25) is 0 Å². The lowest BCUT2D eigenvalue weighted by Gasteiger charge is -2.23. The Morgan fingerprint density at radius 2 is 1.95 bits per heavy atom. The zero-order valence-electron chi connectivity index (χ0n) is 11.6. The molecule has 2 rings (SSSR count). The molecule has 5 heteroatoms. The van der Waals surface area contributed by atoms with Crippen molar-refractivity contribution in [2.24, 2.45) is 0 Å². The summed E-state index contributed by atoms with van der Waals surface area (Å²) < 4.78 is 5.56. The van der Waals surface area contributed by atoms with Gasteiger partial charge in [0.15, 0.2) is 0 Å². The molecule has 2 N–H and O–H groups in total. The van der Waals surface area contributed by atoms with Gasteiger partial charge >= 0.3 is 0 Å². The van der Waals surface area contributed by atoms with E-state index in [1.54, 1.807) is 0 Å². The standard InChI is InChI=1S/C15H22N2O2.ClH/c18-15(17-13-8-10-16-11-9-13)7-4-12-19-14-5-2-1-3-6-14;/h1-3,5-6,13,16H,4,7-12H2,(H,17,18);1H. The molecule has 0 spiro atoms. The predicted octanol–water partition coefficient (Wildman–Crippen LogP) is 2.14. The van der Waals surface area contributed by atoms with Crippen LogP contribution in [-0.2, 0) is 4.79 Å². The van der Waals surface area contributed by atoms with E-state index < -0.39 is 0 Å². The second-order valence-electron chi connectivity index (χ2n) is 4.86. The summed E-state index contributed by atoms with van der Waals surface area (Å²) in [6.07, 6.45) is 3.36. The topological polar surface area (TPSA) is 50.4 Å². The van der Waals surface area contributed by atoms with E-state index in [1.165, 1.54) is 0 Å². The van der Waals surface area contributed by atoms with Crippen molar-refractivity contribution in [3.05, 3.63) is 30.3 Å². The number of hydrogen-bond donors (Lipinski definition) is 2. The van der Waals surface area contributed by atoms with Gasteiger partial charge in [0.2, 0.25) is 5.91 Å². The summed E-state index contributed by atoms with van der Waals surface area (Å²) in [6, 6.07) is 10.0. The van der Waals surface area contributed by atoms with Gasteiger partial charge in [0.25, 0.3) is 0 Å². The molecule has 0 aromatic heterocycles. The summed E-state index contributed by atoms with van der Waals surface area (Å²) in [4.78, 5) is 11.7. The molecule has 1 aromatic carbocycles. The highest BCUT2D eigenvalue weighted by atomic mass is 35.5. The van der Waals surface area contributed by atoms with Crippen molar-refractivity contribution in [2.75, 3.05) is 19.7 Å². The Morgan fingerprint density at radius 1 is 1.25 bits per heavy atom. The van der Waals surface area contributed by atoms with Crippen molar-refractivity contribution in [3.63, 3.8) is 0 Å². The fraction of sp³-hybridized carbons (Fsp3) is 0.533. The van der Waals surface area contributed by atoms with Gasteiger partial charge in [0.1, 0.15) is 5.75 Å². The lowest BCUT2D eigenvalue weighted by Crippen LogP contribution is -2.42. The summed E-state index contributed by atoms with van der Waals surface area (Å²) in [5.41, 5.74) is 0. The molecule has 0 saturated carbocycles. The van der Waals surface area contributed by atoms with Crippen molar-refractivity contribution >= 4 is 18.3 Å². The number of benzene rings is 1. The molecule has 0 unspecified atom stereocenters. The summed E-state index contributed by atoms with van der Waals surface area (Å²) in [6.45, 7) is 2.59. The Kier molecular flexibility index (Phi) is 8.07. The van der Waals surface area contributed by atoms with Crippen LogP contribution >= 0.6 is 12.4 Å². The summed E-state index contributed by atoms with van der Waals surface area (Å²) in [7, 11) is 0. The number of carbonyl (C=O) groups excluding carboxylic acids is 1. The number of piperidine rings is 1. The van der Waals surface area contributed by atoms with Gasteiger partial charge in [-0.15, -0.1) is 12.4 Å². The average molecular weight is 299 g/mol. The van der Waals surface area contributed by atoms with Crippen LogP contribution in [0.15, 0.2) is 30.3 Å². The van der Waals surface area contributed by atoms with Gasteiger partial charge in [-0.3, -0.25) is 4.79 Å². The molecule has 0 atom stereocenters. The number of amides is 1. The number of hydrogen-bond acceptors (Lipinski definition) is 3. The monoisotopic (exact) mass is 298 g/mol. The zero-order chi connectivity index (χ0) is 13.3. The molecule has 4 nitrogen and oxygen atoms in total. The highest BCUT2D eigenvalue weighted by molar-refractivity contribution is 5.85. The third-order valence-corrected chi connectivity index (χ3v) is 3.26. The fourth-order valence-corrected chi connectivity index (χ4v) is 2.21. The van der Waals surface area contributed by atoms with Gasteiger partial charge in [-0.25, -0.2) is 0 Å². The maximum atomic E-state index is 11.7. The van der Waals surface area contributed by atoms with Gasteiger partial charge in [-0.05, 0) is 44.5 Å². The highest BCUT2D eigenvalue weighted by Crippen LogP contribution is 2.09. The SMILES string of the molecule is Cl.O=C(CCCOc1ccccc1)NC1CCNCC1. The Hall–Kier alpha value is -1.26. The van der Waals surface area contributed by atoms with E-state index in [9.17, 15) is 4.79 Å². The molecule has 1 aromatic rings. The molecular formula is C15H23ClN2O2. The Balaban J connectivity index is 0.00000200. The van der Waals surface area contributed by atoms with Crippen LogP contribution < -0.4 is 15.4 Å². The minimum Gasteiger partial charge on any atom is -0.494 e. The van der Waals surface area contributed by atoms with Gasteiger partial charge in [0.05, 0.1) is 6.61 Å². The molecule has 0 aliphatic carbocycles. The third kappa shape index (κ3) is 6.26. The molecule has 1 saturated heterocycles. The Labute approximate surface area is 126 Å². The second kappa shape index (κ2) is 9.61. The number of rotatable bonds is 6. The largest absolute Gasteiger partial charge is 0.494 e. The van der Waals surface area contributed by atoms with Crippen LogP contribution in [0, 0.1) is 0 Å². The number of ether oxygens (including phenoxy) is 1. The quantitative estimate of drug-likeness (QED) is 0.791. The van der Waals surface area contributed by atoms with Crippen molar-refractivity contribution in [3.8, 4) is 5.75 Å². The molecule has 1 amide bonds. The van der Waals surface area contributed by atoms with Crippen LogP contribution in [0.5, 0.6) is 5.75 Å². The molecule has 112 valence electrons. The number of para-hydroxylation sites is 1. The molecule has 1 fully saturated rings. The van der Waals surface area contributed by atoms with Crippen molar-refractivity contribution in [1.82, 2.24) is 10.6 Å². The van der Waals surface area contributed by atoms with E-state index in [4.69, 9.17) is 4.74 Å². The van der Waals surface area contributed by atoms with Crippen molar-refractivity contribution < 1.29 is 9.53 Å². The molecule has 0 bridgehead atoms. The molecule has 1 heterocycles. The van der Waals surface area contributed by atoms with Gasteiger partial charge < -0.3 is 15.4 Å². The Bertz CT molecular complexity index is 381. The normalized spacial score (nSPS) is 15.2. The summed E-state index contributed by atoms with van der Waals surface area (Å²) >= 11 is 0. The van der Waals surface area contributed by atoms with E-state index in [2.05, 4.69) is 10.6 Å². The van der Waals surface area contributed by atoms with Crippen molar-refractivity contribution in [2.45, 2.75) is 31.7 Å². The average Bonchev–Trinajstić information content (AvgIpc) is 2.46.